The Morgan fingerprint density at radius 3 is 2.03 bits per heavy atom. The van der Waals surface area contributed by atoms with E-state index in [0.29, 0.717) is 111 Å². The van der Waals surface area contributed by atoms with E-state index in [1.807, 2.05) is 77.8 Å². The molecule has 0 fully saturated rings. The van der Waals surface area contributed by atoms with E-state index >= 15 is 0 Å². The number of carboxylic acid groups (broad SMARTS) is 1. The van der Waals surface area contributed by atoms with Gasteiger partial charge in [-0.3, -0.25) is 24.3 Å². The molecule has 4 aliphatic rings. The van der Waals surface area contributed by atoms with Crippen LogP contribution in [-0.4, -0.2) is 115 Å². The number of carbonyl (C=O) groups excluding carboxylic acids is 2. The summed E-state index contributed by atoms with van der Waals surface area (Å²) in [5, 5.41) is 13.1. The summed E-state index contributed by atoms with van der Waals surface area (Å²) >= 11 is 0. The number of benzene rings is 5. The number of amides is 2. The minimum Gasteiger partial charge on any atom is -0.493 e. The van der Waals surface area contributed by atoms with Gasteiger partial charge in [0.15, 0.2) is 23.0 Å². The molecule has 0 saturated carbocycles. The molecule has 5 aromatic rings. The minimum absolute atomic E-state index is 0.00271. The third kappa shape index (κ3) is 10.3. The van der Waals surface area contributed by atoms with Crippen molar-refractivity contribution < 1.29 is 52.6 Å². The van der Waals surface area contributed by atoms with Crippen LogP contribution in [0.2, 0.25) is 0 Å². The summed E-state index contributed by atoms with van der Waals surface area (Å²) in [7, 11) is 4.71. The Hall–Kier alpha value is -7.14. The number of aliphatic imine (C=N–C) groups is 1. The Balaban J connectivity index is 0.984. The summed E-state index contributed by atoms with van der Waals surface area (Å²) in [6.45, 7) is 3.83. The number of aliphatic carboxylic acids is 1. The standard InChI is InChI=1S/C53H57N5O11/c1-63-17-18-67-20-19-66-16-15-56(14-8-13-51(59)60)38-22-34(32-68-49-28-43-41(26-47(49)64-2)52(61)57-39(30-54-43)24-36-9-4-6-11-45(36)57)21-35(23-38)33-69-50-29-44-42(27-48(50)65-3)53(62)58-40(31-55-44)25-37-10-5-7-12-46(37)58/h4-7,9-12,21-23,26-30,39-40,55H,8,13-20,24-25,31-33H2,1-3H3,(H,59,60)/t39-,40-/m0/s1. The normalized spacial score (nSPS) is 16.3. The zero-order chi connectivity index (χ0) is 47.9. The molecular formula is C53H57N5O11. The summed E-state index contributed by atoms with van der Waals surface area (Å²) in [5.74, 6) is 0.515. The molecule has 16 nitrogen and oxygen atoms in total. The molecule has 0 saturated heterocycles. The van der Waals surface area contributed by atoms with Crippen molar-refractivity contribution in [2.24, 2.45) is 4.99 Å². The number of hydrogen-bond acceptors (Lipinski definition) is 13. The Morgan fingerprint density at radius 2 is 1.33 bits per heavy atom. The Morgan fingerprint density at radius 1 is 0.710 bits per heavy atom. The van der Waals surface area contributed by atoms with Crippen LogP contribution in [0.25, 0.3) is 0 Å². The molecular weight excluding hydrogens is 883 g/mol. The number of fused-ring (bicyclic) bond motifs is 8. The second kappa shape index (κ2) is 21.4. The van der Waals surface area contributed by atoms with Gasteiger partial charge in [-0.05, 0) is 77.6 Å². The first-order chi connectivity index (χ1) is 33.7. The fourth-order valence-electron chi connectivity index (χ4n) is 9.45. The maximum atomic E-state index is 14.1. The maximum Gasteiger partial charge on any atom is 0.303 e. The van der Waals surface area contributed by atoms with Crippen molar-refractivity contribution in [1.29, 1.82) is 0 Å². The van der Waals surface area contributed by atoms with Crippen LogP contribution in [0.4, 0.5) is 28.4 Å². The molecule has 69 heavy (non-hydrogen) atoms. The van der Waals surface area contributed by atoms with Crippen molar-refractivity contribution >= 4 is 52.4 Å². The lowest BCUT2D eigenvalue weighted by Crippen LogP contribution is -2.39. The van der Waals surface area contributed by atoms with Gasteiger partial charge in [0.1, 0.15) is 13.2 Å². The van der Waals surface area contributed by atoms with Crippen molar-refractivity contribution in [3.05, 3.63) is 124 Å². The smallest absolute Gasteiger partial charge is 0.303 e. The number of carbonyl (C=O) groups is 3. The van der Waals surface area contributed by atoms with Gasteiger partial charge in [-0.25, -0.2) is 0 Å². The van der Waals surface area contributed by atoms with Crippen LogP contribution in [0.15, 0.2) is 96.0 Å². The van der Waals surface area contributed by atoms with E-state index in [2.05, 4.69) is 16.3 Å². The molecule has 2 atom stereocenters. The van der Waals surface area contributed by atoms with Gasteiger partial charge in [0, 0.05) is 75.0 Å². The third-order valence-corrected chi connectivity index (χ3v) is 12.8. The van der Waals surface area contributed by atoms with Crippen LogP contribution in [0.1, 0.15) is 55.8 Å². The number of nitrogens with one attached hydrogen (secondary N) is 1. The molecule has 5 aromatic carbocycles. The molecule has 0 aromatic heterocycles. The zero-order valence-electron chi connectivity index (χ0n) is 39.1. The molecule has 9 rings (SSSR count). The number of nitrogens with zero attached hydrogens (tertiary/aromatic N) is 4. The van der Waals surface area contributed by atoms with Crippen LogP contribution in [0.3, 0.4) is 0 Å². The van der Waals surface area contributed by atoms with E-state index in [1.165, 1.54) is 7.11 Å². The summed E-state index contributed by atoms with van der Waals surface area (Å²) in [4.78, 5) is 50.4. The van der Waals surface area contributed by atoms with Crippen molar-refractivity contribution in [2.45, 2.75) is 51.0 Å². The minimum atomic E-state index is -0.877. The largest absolute Gasteiger partial charge is 0.493 e. The first kappa shape index (κ1) is 46.9. The molecule has 0 spiro atoms. The molecule has 0 radical (unpaired) electrons. The second-order valence-electron chi connectivity index (χ2n) is 17.3. The van der Waals surface area contributed by atoms with Gasteiger partial charge in [-0.15, -0.1) is 0 Å². The van der Waals surface area contributed by atoms with Crippen LogP contribution in [-0.2, 0) is 45.1 Å². The van der Waals surface area contributed by atoms with Gasteiger partial charge in [0.2, 0.25) is 0 Å². The highest BCUT2D eigenvalue weighted by Gasteiger charge is 2.39. The predicted octanol–water partition coefficient (Wildman–Crippen LogP) is 7.50. The number of methoxy groups -OCH3 is 3. The lowest BCUT2D eigenvalue weighted by molar-refractivity contribution is -0.137. The van der Waals surface area contributed by atoms with Crippen molar-refractivity contribution in [2.75, 3.05) is 94.0 Å². The highest BCUT2D eigenvalue weighted by atomic mass is 16.5. The van der Waals surface area contributed by atoms with Crippen molar-refractivity contribution in [3.8, 4) is 23.0 Å². The monoisotopic (exact) mass is 939 g/mol. The number of rotatable bonds is 22. The fourth-order valence-corrected chi connectivity index (χ4v) is 9.45. The van der Waals surface area contributed by atoms with E-state index in [1.54, 1.807) is 37.3 Å². The molecule has 360 valence electrons. The van der Waals surface area contributed by atoms with Gasteiger partial charge in [0.25, 0.3) is 11.8 Å². The number of carboxylic acids is 1. The highest BCUT2D eigenvalue weighted by molar-refractivity contribution is 6.15. The Kier molecular flexibility index (Phi) is 14.6. The van der Waals surface area contributed by atoms with Gasteiger partial charge in [-0.2, -0.15) is 0 Å². The average molecular weight is 940 g/mol. The highest BCUT2D eigenvalue weighted by Crippen LogP contribution is 2.43. The SMILES string of the molecule is COCCOCCOCCN(CCCC(=O)O)c1cc(COc2cc3c(cc2OC)C(=O)N2c4ccccc4C[C@H]2C=N3)cc(COc2cc3c(cc2OC)C(=O)N2c4ccccc4C[C@H]2CN3)c1. The van der Waals surface area contributed by atoms with Gasteiger partial charge in [-0.1, -0.05) is 36.4 Å². The van der Waals surface area contributed by atoms with Crippen LogP contribution in [0.5, 0.6) is 23.0 Å². The van der Waals surface area contributed by atoms with Gasteiger partial charge < -0.3 is 53.4 Å². The summed E-state index contributed by atoms with van der Waals surface area (Å²) in [6, 6.07) is 28.7. The predicted molar refractivity (Wildman–Crippen MR) is 262 cm³/mol. The molecule has 0 unspecified atom stereocenters. The molecule has 0 bridgehead atoms. The molecule has 0 aliphatic carbocycles. The van der Waals surface area contributed by atoms with E-state index in [-0.39, 0.29) is 43.5 Å². The second-order valence-corrected chi connectivity index (χ2v) is 17.3. The number of ether oxygens (including phenoxy) is 7. The van der Waals surface area contributed by atoms with E-state index in [0.717, 1.165) is 45.7 Å². The lowest BCUT2D eigenvalue weighted by atomic mass is 10.1. The van der Waals surface area contributed by atoms with Crippen molar-refractivity contribution in [1.82, 2.24) is 0 Å². The summed E-state index contributed by atoms with van der Waals surface area (Å²) in [5.41, 5.74) is 8.48. The van der Waals surface area contributed by atoms with Crippen molar-refractivity contribution in [3.63, 3.8) is 0 Å². The van der Waals surface area contributed by atoms with Gasteiger partial charge >= 0.3 is 5.97 Å². The molecule has 4 heterocycles. The average Bonchev–Trinajstić information content (AvgIpc) is 3.85. The number of anilines is 4. The first-order valence-corrected chi connectivity index (χ1v) is 23.3. The Bertz CT molecular complexity index is 2730. The molecule has 4 aliphatic heterocycles. The third-order valence-electron chi connectivity index (χ3n) is 12.8. The van der Waals surface area contributed by atoms with Gasteiger partial charge in [0.05, 0.1) is 81.8 Å². The topological polar surface area (TPSA) is 170 Å². The quantitative estimate of drug-likeness (QED) is 0.0655. The molecule has 2 N–H and O–H groups in total. The van der Waals surface area contributed by atoms with Crippen LogP contribution < -0.4 is 39.0 Å². The van der Waals surface area contributed by atoms with E-state index in [4.69, 9.17) is 38.2 Å². The Labute approximate surface area is 401 Å². The van der Waals surface area contributed by atoms with E-state index in [9.17, 15) is 19.5 Å². The molecule has 16 heteroatoms. The number of para-hydroxylation sites is 2. The van der Waals surface area contributed by atoms with Crippen LogP contribution >= 0.6 is 0 Å². The molecule has 2 amide bonds. The lowest BCUT2D eigenvalue weighted by Gasteiger charge is -2.26. The van der Waals surface area contributed by atoms with Crippen LogP contribution in [0, 0.1) is 0 Å². The van der Waals surface area contributed by atoms with E-state index < -0.39 is 5.97 Å². The zero-order valence-corrected chi connectivity index (χ0v) is 39.1. The summed E-state index contributed by atoms with van der Waals surface area (Å²) in [6.07, 6.45) is 3.66. The fraction of sp³-hybridized carbons (Fsp3) is 0.358. The number of hydrogen-bond donors (Lipinski definition) is 2. The summed E-state index contributed by atoms with van der Waals surface area (Å²) < 4.78 is 41.3. The first-order valence-electron chi connectivity index (χ1n) is 23.3. The maximum absolute atomic E-state index is 14.1.